The van der Waals surface area contributed by atoms with Crippen LogP contribution in [0.1, 0.15) is 101 Å². The van der Waals surface area contributed by atoms with Crippen molar-refractivity contribution in [2.45, 2.75) is 91.9 Å². The van der Waals surface area contributed by atoms with Crippen molar-refractivity contribution < 1.29 is 0 Å². The lowest BCUT2D eigenvalue weighted by atomic mass is 9.82. The minimum Gasteiger partial charge on any atom is -0.382 e. The van der Waals surface area contributed by atoms with Crippen LogP contribution < -0.4 is 10.6 Å². The van der Waals surface area contributed by atoms with Gasteiger partial charge < -0.3 is 15.5 Å². The Morgan fingerprint density at radius 3 is 2.37 bits per heavy atom. The Bertz CT molecular complexity index is 1550. The molecule has 5 nitrogen and oxygen atoms in total. The Kier molecular flexibility index (Phi) is 18.2. The average molecular weight is 688 g/mol. The molecule has 2 fully saturated rings. The molecule has 1 aromatic carbocycles. The molecule has 1 aliphatic heterocycles. The van der Waals surface area contributed by atoms with Crippen molar-refractivity contribution >= 4 is 11.9 Å². The summed E-state index contributed by atoms with van der Waals surface area (Å²) in [6.45, 7) is 25.2. The summed E-state index contributed by atoms with van der Waals surface area (Å²) >= 11 is 0. The maximum Gasteiger partial charge on any atom is 0.140 e. The zero-order chi connectivity index (χ0) is 37.0. The number of pyridine rings is 1. The normalized spacial score (nSPS) is 16.9. The molecule has 51 heavy (non-hydrogen) atoms. The van der Waals surface area contributed by atoms with Crippen LogP contribution in [-0.2, 0) is 6.42 Å². The summed E-state index contributed by atoms with van der Waals surface area (Å²) in [6, 6.07) is 10.9. The van der Waals surface area contributed by atoms with Crippen molar-refractivity contribution in [2.75, 3.05) is 26.7 Å². The van der Waals surface area contributed by atoms with Gasteiger partial charge in [0.1, 0.15) is 5.84 Å². The Morgan fingerprint density at radius 1 is 1.08 bits per heavy atom. The van der Waals surface area contributed by atoms with Gasteiger partial charge >= 0.3 is 0 Å². The summed E-state index contributed by atoms with van der Waals surface area (Å²) in [6.07, 6.45) is 28.6. The predicted octanol–water partition coefficient (Wildman–Crippen LogP) is 10.9. The Hall–Kier alpha value is -4.22. The van der Waals surface area contributed by atoms with E-state index in [1.165, 1.54) is 46.1 Å². The Labute approximate surface area is 310 Å². The van der Waals surface area contributed by atoms with Crippen LogP contribution in [0.25, 0.3) is 6.08 Å². The number of aromatic nitrogens is 1. The fraction of sp³-hybridized carbons (Fsp3) is 0.435. The minimum atomic E-state index is 0.594. The number of hydrogen-bond donors (Lipinski definition) is 2. The number of nitrogens with zero attached hydrogens (tertiary/aromatic N) is 3. The van der Waals surface area contributed by atoms with Crippen molar-refractivity contribution in [1.82, 2.24) is 20.5 Å². The van der Waals surface area contributed by atoms with E-state index in [-0.39, 0.29) is 0 Å². The quantitative estimate of drug-likeness (QED) is 0.105. The molecule has 2 N–H and O–H groups in total. The number of rotatable bonds is 16. The Morgan fingerprint density at radius 2 is 1.80 bits per heavy atom. The monoisotopic (exact) mass is 688 g/mol. The van der Waals surface area contributed by atoms with E-state index in [0.717, 1.165) is 55.2 Å². The third kappa shape index (κ3) is 13.8. The van der Waals surface area contributed by atoms with Crippen LogP contribution in [-0.4, -0.2) is 42.4 Å². The van der Waals surface area contributed by atoms with Crippen LogP contribution in [0.5, 0.6) is 0 Å². The molecule has 2 heterocycles. The number of nitrogens with one attached hydrogen (secondary N) is 2. The summed E-state index contributed by atoms with van der Waals surface area (Å²) in [4.78, 5) is 10.9. The zero-order valence-corrected chi connectivity index (χ0v) is 32.6. The van der Waals surface area contributed by atoms with Gasteiger partial charge in [-0.3, -0.25) is 4.98 Å². The third-order valence-corrected chi connectivity index (χ3v) is 9.87. The maximum absolute atomic E-state index is 4.67. The molecular weight excluding hydrogens is 623 g/mol. The smallest absolute Gasteiger partial charge is 0.140 e. The van der Waals surface area contributed by atoms with Crippen molar-refractivity contribution in [1.29, 1.82) is 0 Å². The highest BCUT2D eigenvalue weighted by atomic mass is 15.2. The number of aryl methyl sites for hydroxylation is 2. The second kappa shape index (κ2) is 22.6. The second-order valence-corrected chi connectivity index (χ2v) is 14.1. The molecule has 0 amide bonds. The fourth-order valence-electron chi connectivity index (χ4n) is 6.23. The minimum absolute atomic E-state index is 0.594. The fourth-order valence-corrected chi connectivity index (χ4v) is 6.23. The van der Waals surface area contributed by atoms with Crippen LogP contribution in [0.2, 0.25) is 0 Å². The molecule has 2 aliphatic carbocycles. The third-order valence-electron chi connectivity index (χ3n) is 9.87. The molecule has 2 saturated carbocycles. The first-order chi connectivity index (χ1) is 24.8. The topological polar surface area (TPSA) is 52.5 Å². The molecule has 2 aromatic rings. The summed E-state index contributed by atoms with van der Waals surface area (Å²) in [7, 11) is 1.97. The van der Waals surface area contributed by atoms with E-state index < -0.39 is 0 Å². The first-order valence-electron chi connectivity index (χ1n) is 19.1. The highest BCUT2D eigenvalue weighted by Crippen LogP contribution is 2.46. The molecule has 0 bridgehead atoms. The van der Waals surface area contributed by atoms with Gasteiger partial charge in [0, 0.05) is 37.6 Å². The van der Waals surface area contributed by atoms with Gasteiger partial charge in [-0.25, -0.2) is 4.99 Å². The number of benzene rings is 1. The SMILES string of the molecule is C1CC(C2CC2)C1.C=CCN1C(=C)C(NCCCc2ccc(C)cc2)=CN=C1/C(C=C)=C/C=C\C.CC[C@@H](C)c1ccncc1/C=C(\C)CNC. The van der Waals surface area contributed by atoms with E-state index in [1.807, 2.05) is 62.9 Å². The number of allylic oxidation sites excluding steroid dienone is 3. The molecule has 0 spiro atoms. The van der Waals surface area contributed by atoms with Gasteiger partial charge in [0.15, 0.2) is 0 Å². The van der Waals surface area contributed by atoms with Crippen molar-refractivity contribution in [3.05, 3.63) is 144 Å². The van der Waals surface area contributed by atoms with Crippen LogP contribution in [0.4, 0.5) is 0 Å². The van der Waals surface area contributed by atoms with Crippen molar-refractivity contribution in [3.63, 3.8) is 0 Å². The number of amidine groups is 1. The molecule has 5 heteroatoms. The van der Waals surface area contributed by atoms with Crippen LogP contribution in [0.15, 0.2) is 127 Å². The van der Waals surface area contributed by atoms with Crippen LogP contribution in [0, 0.1) is 18.8 Å². The summed E-state index contributed by atoms with van der Waals surface area (Å²) < 4.78 is 0. The average Bonchev–Trinajstić information content (AvgIpc) is 3.94. The van der Waals surface area contributed by atoms with Gasteiger partial charge in [0.05, 0.1) is 17.6 Å². The number of aliphatic imine (C=N–C) groups is 1. The standard InChI is InChI=1S/C25H31N3.C14H22N2.C7H12/c1-6-9-12-23(8-3)25-27-19-24(21(5)28(25)18-7-2)26-17-10-11-22-15-13-20(4)14-16-22;1-5-12(3)14-6-7-16-10-13(14)8-11(2)9-15-4;1-2-6(3-1)7-4-5-7/h6-9,12-16,19,26H,2-3,5,10-11,17-18H2,1,4H3;6-8,10,12,15H,5,9H2,1-4H3;6-7H,1-5H2/b9-6-,23-12+;11-8+;/t;12-;/m.1./s1. The van der Waals surface area contributed by atoms with Crippen molar-refractivity contribution in [2.24, 2.45) is 16.8 Å². The summed E-state index contributed by atoms with van der Waals surface area (Å²) in [5.41, 5.74) is 9.44. The van der Waals surface area contributed by atoms with Crippen LogP contribution >= 0.6 is 0 Å². The second-order valence-electron chi connectivity index (χ2n) is 14.1. The molecule has 0 unspecified atom stereocenters. The van der Waals surface area contributed by atoms with Gasteiger partial charge in [-0.15, -0.1) is 6.58 Å². The van der Waals surface area contributed by atoms with E-state index >= 15 is 0 Å². The highest BCUT2D eigenvalue weighted by molar-refractivity contribution is 6.03. The van der Waals surface area contributed by atoms with Gasteiger partial charge in [0.25, 0.3) is 0 Å². The summed E-state index contributed by atoms with van der Waals surface area (Å²) in [5, 5.41) is 6.64. The van der Waals surface area contributed by atoms with Gasteiger partial charge in [0.2, 0.25) is 0 Å². The predicted molar refractivity (Wildman–Crippen MR) is 223 cm³/mol. The van der Waals surface area contributed by atoms with Crippen molar-refractivity contribution in [3.8, 4) is 0 Å². The van der Waals surface area contributed by atoms with Gasteiger partial charge in [-0.1, -0.05) is 118 Å². The largest absolute Gasteiger partial charge is 0.382 e. The lowest BCUT2D eigenvalue weighted by molar-refractivity contribution is 0.278. The lowest BCUT2D eigenvalue weighted by Crippen LogP contribution is -2.36. The molecule has 0 saturated heterocycles. The van der Waals surface area contributed by atoms with E-state index in [1.54, 1.807) is 25.7 Å². The van der Waals surface area contributed by atoms with Gasteiger partial charge in [-0.2, -0.15) is 0 Å². The Balaban J connectivity index is 0.000000252. The van der Waals surface area contributed by atoms with Gasteiger partial charge in [-0.05, 0) is 100 Å². The molecule has 1 aromatic heterocycles. The van der Waals surface area contributed by atoms with E-state index in [9.17, 15) is 0 Å². The molecule has 5 rings (SSSR count). The molecule has 3 aliphatic rings. The highest BCUT2D eigenvalue weighted by Gasteiger charge is 2.34. The summed E-state index contributed by atoms with van der Waals surface area (Å²) in [5.74, 6) is 3.83. The van der Waals surface area contributed by atoms with E-state index in [2.05, 4.69) is 109 Å². The zero-order valence-electron chi connectivity index (χ0n) is 32.6. The lowest BCUT2D eigenvalue weighted by Gasteiger charge is -2.31. The molecule has 1 atom stereocenters. The molecular formula is C46H65N5. The van der Waals surface area contributed by atoms with E-state index in [4.69, 9.17) is 0 Å². The first-order valence-corrected chi connectivity index (χ1v) is 19.1. The molecule has 0 radical (unpaired) electrons. The number of hydrogen-bond acceptors (Lipinski definition) is 5. The molecule has 274 valence electrons. The number of likely N-dealkylation sites (N-methyl/N-ethyl adjacent to an activating group) is 1. The maximum atomic E-state index is 4.67. The van der Waals surface area contributed by atoms with E-state index in [0.29, 0.717) is 12.5 Å². The van der Waals surface area contributed by atoms with Crippen LogP contribution in [0.3, 0.4) is 0 Å². The first kappa shape index (κ1) is 41.2.